The SMILES string of the molecule is CCCC(C)Oc1ncnc(N)c1CC. The quantitative estimate of drug-likeness (QED) is 0.807. The van der Waals surface area contributed by atoms with Crippen LogP contribution < -0.4 is 10.5 Å². The van der Waals surface area contributed by atoms with E-state index >= 15 is 0 Å². The molecule has 1 heterocycles. The molecule has 84 valence electrons. The first-order valence-electron chi connectivity index (χ1n) is 5.45. The van der Waals surface area contributed by atoms with Gasteiger partial charge in [-0.2, -0.15) is 0 Å². The number of hydrogen-bond acceptors (Lipinski definition) is 4. The van der Waals surface area contributed by atoms with Gasteiger partial charge in [0, 0.05) is 0 Å². The highest BCUT2D eigenvalue weighted by Gasteiger charge is 2.11. The molecule has 0 saturated carbocycles. The molecule has 1 aromatic rings. The number of ether oxygens (including phenoxy) is 1. The van der Waals surface area contributed by atoms with Crippen LogP contribution >= 0.6 is 0 Å². The molecule has 15 heavy (non-hydrogen) atoms. The van der Waals surface area contributed by atoms with Crippen LogP contribution in [0.1, 0.15) is 39.2 Å². The van der Waals surface area contributed by atoms with E-state index in [2.05, 4.69) is 16.9 Å². The van der Waals surface area contributed by atoms with Crippen molar-refractivity contribution in [3.63, 3.8) is 0 Å². The number of rotatable bonds is 5. The summed E-state index contributed by atoms with van der Waals surface area (Å²) < 4.78 is 5.73. The van der Waals surface area contributed by atoms with Crippen LogP contribution in [-0.4, -0.2) is 16.1 Å². The molecule has 1 aromatic heterocycles. The lowest BCUT2D eigenvalue weighted by Crippen LogP contribution is -2.14. The molecule has 0 aliphatic rings. The van der Waals surface area contributed by atoms with Crippen LogP contribution in [0.15, 0.2) is 6.33 Å². The number of anilines is 1. The van der Waals surface area contributed by atoms with E-state index in [1.807, 2.05) is 13.8 Å². The molecule has 0 radical (unpaired) electrons. The third-order valence-corrected chi connectivity index (χ3v) is 2.30. The van der Waals surface area contributed by atoms with Crippen molar-refractivity contribution in [1.29, 1.82) is 0 Å². The predicted molar refractivity (Wildman–Crippen MR) is 60.8 cm³/mol. The van der Waals surface area contributed by atoms with E-state index < -0.39 is 0 Å². The Morgan fingerprint density at radius 2 is 2.13 bits per heavy atom. The van der Waals surface area contributed by atoms with Crippen molar-refractivity contribution in [2.24, 2.45) is 0 Å². The summed E-state index contributed by atoms with van der Waals surface area (Å²) in [6, 6.07) is 0. The predicted octanol–water partition coefficient (Wildman–Crippen LogP) is 2.19. The van der Waals surface area contributed by atoms with E-state index in [9.17, 15) is 0 Å². The van der Waals surface area contributed by atoms with E-state index in [-0.39, 0.29) is 6.10 Å². The van der Waals surface area contributed by atoms with Gasteiger partial charge in [0.2, 0.25) is 5.88 Å². The Bertz CT molecular complexity index is 315. The molecular weight excluding hydrogens is 190 g/mol. The van der Waals surface area contributed by atoms with Crippen LogP contribution in [0.3, 0.4) is 0 Å². The first-order valence-corrected chi connectivity index (χ1v) is 5.45. The summed E-state index contributed by atoms with van der Waals surface area (Å²) in [7, 11) is 0. The minimum Gasteiger partial charge on any atom is -0.474 e. The highest BCUT2D eigenvalue weighted by Crippen LogP contribution is 2.21. The highest BCUT2D eigenvalue weighted by molar-refractivity contribution is 5.44. The molecule has 0 bridgehead atoms. The van der Waals surface area contributed by atoms with Crippen molar-refractivity contribution in [2.45, 2.75) is 46.1 Å². The molecule has 0 spiro atoms. The smallest absolute Gasteiger partial charge is 0.222 e. The van der Waals surface area contributed by atoms with Gasteiger partial charge in [-0.3, -0.25) is 0 Å². The Morgan fingerprint density at radius 1 is 1.40 bits per heavy atom. The maximum atomic E-state index is 5.75. The van der Waals surface area contributed by atoms with Crippen molar-refractivity contribution >= 4 is 5.82 Å². The average Bonchev–Trinajstić information content (AvgIpc) is 2.18. The molecule has 0 aliphatic heterocycles. The zero-order valence-corrected chi connectivity index (χ0v) is 9.66. The van der Waals surface area contributed by atoms with E-state index in [0.29, 0.717) is 11.7 Å². The molecule has 1 unspecified atom stereocenters. The molecule has 2 N–H and O–H groups in total. The van der Waals surface area contributed by atoms with Crippen LogP contribution in [0.4, 0.5) is 5.82 Å². The van der Waals surface area contributed by atoms with E-state index in [0.717, 1.165) is 24.8 Å². The van der Waals surface area contributed by atoms with Gasteiger partial charge in [-0.25, -0.2) is 9.97 Å². The summed E-state index contributed by atoms with van der Waals surface area (Å²) in [6.45, 7) is 6.20. The van der Waals surface area contributed by atoms with Crippen molar-refractivity contribution in [3.05, 3.63) is 11.9 Å². The zero-order valence-electron chi connectivity index (χ0n) is 9.66. The molecule has 1 rings (SSSR count). The fraction of sp³-hybridized carbons (Fsp3) is 0.636. The first-order chi connectivity index (χ1) is 7.19. The summed E-state index contributed by atoms with van der Waals surface area (Å²) in [6.07, 6.45) is 4.54. The molecule has 1 atom stereocenters. The summed E-state index contributed by atoms with van der Waals surface area (Å²) >= 11 is 0. The van der Waals surface area contributed by atoms with Crippen molar-refractivity contribution < 1.29 is 4.74 Å². The lowest BCUT2D eigenvalue weighted by Gasteiger charge is -2.15. The van der Waals surface area contributed by atoms with Crippen LogP contribution in [0.25, 0.3) is 0 Å². The Balaban J connectivity index is 2.80. The third kappa shape index (κ3) is 3.08. The standard InChI is InChI=1S/C11H19N3O/c1-4-6-8(3)15-11-9(5-2)10(12)13-7-14-11/h7-8H,4-6H2,1-3H3,(H2,12,13,14). The van der Waals surface area contributed by atoms with Gasteiger partial charge < -0.3 is 10.5 Å². The average molecular weight is 209 g/mol. The summed E-state index contributed by atoms with van der Waals surface area (Å²) in [4.78, 5) is 8.07. The minimum absolute atomic E-state index is 0.176. The Hall–Kier alpha value is -1.32. The number of hydrogen-bond donors (Lipinski definition) is 1. The number of nitrogens with two attached hydrogens (primary N) is 1. The number of aromatic nitrogens is 2. The van der Waals surface area contributed by atoms with E-state index in [4.69, 9.17) is 10.5 Å². The number of nitrogens with zero attached hydrogens (tertiary/aromatic N) is 2. The molecule has 0 fully saturated rings. The maximum absolute atomic E-state index is 5.75. The summed E-state index contributed by atoms with van der Waals surface area (Å²) in [5.74, 6) is 1.15. The van der Waals surface area contributed by atoms with Crippen LogP contribution in [0.5, 0.6) is 5.88 Å². The largest absolute Gasteiger partial charge is 0.474 e. The Labute approximate surface area is 90.9 Å². The van der Waals surface area contributed by atoms with Gasteiger partial charge in [-0.15, -0.1) is 0 Å². The van der Waals surface area contributed by atoms with Gasteiger partial charge in [0.15, 0.2) is 0 Å². The highest BCUT2D eigenvalue weighted by atomic mass is 16.5. The van der Waals surface area contributed by atoms with Gasteiger partial charge in [0.1, 0.15) is 12.1 Å². The van der Waals surface area contributed by atoms with E-state index in [1.165, 1.54) is 6.33 Å². The minimum atomic E-state index is 0.176. The monoisotopic (exact) mass is 209 g/mol. The molecule has 0 saturated heterocycles. The lowest BCUT2D eigenvalue weighted by molar-refractivity contribution is 0.199. The van der Waals surface area contributed by atoms with Crippen molar-refractivity contribution in [2.75, 3.05) is 5.73 Å². The van der Waals surface area contributed by atoms with Gasteiger partial charge in [-0.1, -0.05) is 20.3 Å². The molecule has 0 amide bonds. The third-order valence-electron chi connectivity index (χ3n) is 2.30. The fourth-order valence-corrected chi connectivity index (χ4v) is 1.50. The Morgan fingerprint density at radius 3 is 2.73 bits per heavy atom. The molecular formula is C11H19N3O. The first kappa shape index (κ1) is 11.8. The normalized spacial score (nSPS) is 12.5. The van der Waals surface area contributed by atoms with Gasteiger partial charge in [0.05, 0.1) is 11.7 Å². The second-order valence-electron chi connectivity index (χ2n) is 3.61. The topological polar surface area (TPSA) is 61.0 Å². The van der Waals surface area contributed by atoms with Crippen molar-refractivity contribution in [1.82, 2.24) is 9.97 Å². The van der Waals surface area contributed by atoms with E-state index in [1.54, 1.807) is 0 Å². The van der Waals surface area contributed by atoms with Gasteiger partial charge in [-0.05, 0) is 19.8 Å². The summed E-state index contributed by atoms with van der Waals surface area (Å²) in [5, 5.41) is 0. The van der Waals surface area contributed by atoms with Gasteiger partial charge in [0.25, 0.3) is 0 Å². The molecule has 4 nitrogen and oxygen atoms in total. The Kier molecular flexibility index (Phi) is 4.34. The second kappa shape index (κ2) is 5.53. The zero-order chi connectivity index (χ0) is 11.3. The lowest BCUT2D eigenvalue weighted by atomic mass is 10.2. The van der Waals surface area contributed by atoms with Gasteiger partial charge >= 0.3 is 0 Å². The molecule has 0 aliphatic carbocycles. The van der Waals surface area contributed by atoms with Crippen molar-refractivity contribution in [3.8, 4) is 5.88 Å². The number of nitrogen functional groups attached to an aromatic ring is 1. The maximum Gasteiger partial charge on any atom is 0.222 e. The molecule has 0 aromatic carbocycles. The van der Waals surface area contributed by atoms with Crippen LogP contribution in [0.2, 0.25) is 0 Å². The molecule has 4 heteroatoms. The van der Waals surface area contributed by atoms with Crippen LogP contribution in [0, 0.1) is 0 Å². The fourth-order valence-electron chi connectivity index (χ4n) is 1.50. The van der Waals surface area contributed by atoms with Crippen LogP contribution in [-0.2, 0) is 6.42 Å². The second-order valence-corrected chi connectivity index (χ2v) is 3.61. The summed E-state index contributed by atoms with van der Waals surface area (Å²) in [5.41, 5.74) is 6.65.